The molecule has 0 atom stereocenters. The summed E-state index contributed by atoms with van der Waals surface area (Å²) in [5.41, 5.74) is 7.34. The first kappa shape index (κ1) is 28.4. The number of fused-ring (bicyclic) bond motifs is 3. The van der Waals surface area contributed by atoms with Gasteiger partial charge in [0.1, 0.15) is 12.2 Å². The molecule has 3 aromatic carbocycles. The summed E-state index contributed by atoms with van der Waals surface area (Å²) >= 11 is 2.31. The molecule has 0 aromatic heterocycles. The fraction of sp³-hybridized carbons (Fsp3) is 0.375. The van der Waals surface area contributed by atoms with Gasteiger partial charge in [0.15, 0.2) is 0 Å². The standard InChI is InChI=1S/C32H36IN3O4/c1-21-22(19-35-13-15-36(16-14-35)31(38)40-32(2,3)4)17-23(18-29(21)33)34-30(37)39-20-28-26-11-7-5-9-24(26)25-10-6-8-12-27(25)28/h5-12,17-18,28H,13-16,19-20H2,1-4H3,(H,34,37). The van der Waals surface area contributed by atoms with E-state index in [0.717, 1.165) is 34.5 Å². The lowest BCUT2D eigenvalue weighted by molar-refractivity contribution is 0.0139. The normalized spacial score (nSPS) is 15.4. The first-order chi connectivity index (χ1) is 19.1. The Morgan fingerprint density at radius 1 is 0.950 bits per heavy atom. The van der Waals surface area contributed by atoms with Crippen LogP contribution in [0.1, 0.15) is 48.9 Å². The van der Waals surface area contributed by atoms with Gasteiger partial charge in [0.2, 0.25) is 0 Å². The summed E-state index contributed by atoms with van der Waals surface area (Å²) < 4.78 is 12.4. The van der Waals surface area contributed by atoms with Crippen LogP contribution in [0.25, 0.3) is 11.1 Å². The molecule has 40 heavy (non-hydrogen) atoms. The molecule has 7 nitrogen and oxygen atoms in total. The van der Waals surface area contributed by atoms with E-state index in [0.29, 0.717) is 13.1 Å². The minimum Gasteiger partial charge on any atom is -0.448 e. The third-order valence-electron chi connectivity index (χ3n) is 7.46. The molecule has 1 heterocycles. The van der Waals surface area contributed by atoms with E-state index in [1.54, 1.807) is 4.90 Å². The fourth-order valence-corrected chi connectivity index (χ4v) is 6.06. The van der Waals surface area contributed by atoms with Gasteiger partial charge in [-0.15, -0.1) is 0 Å². The first-order valence-electron chi connectivity index (χ1n) is 13.7. The van der Waals surface area contributed by atoms with Crippen molar-refractivity contribution in [3.8, 4) is 11.1 Å². The highest BCUT2D eigenvalue weighted by atomic mass is 127. The molecule has 5 rings (SSSR count). The van der Waals surface area contributed by atoms with Gasteiger partial charge in [0.25, 0.3) is 0 Å². The number of halogens is 1. The zero-order chi connectivity index (χ0) is 28.4. The Morgan fingerprint density at radius 3 is 2.15 bits per heavy atom. The van der Waals surface area contributed by atoms with Crippen molar-refractivity contribution in [3.63, 3.8) is 0 Å². The number of rotatable bonds is 5. The maximum atomic E-state index is 12.9. The Labute approximate surface area is 250 Å². The number of carbonyl (C=O) groups is 2. The first-order valence-corrected chi connectivity index (χ1v) is 14.8. The molecule has 0 saturated carbocycles. The molecular weight excluding hydrogens is 617 g/mol. The third kappa shape index (κ3) is 6.44. The number of anilines is 1. The largest absolute Gasteiger partial charge is 0.448 e. The van der Waals surface area contributed by atoms with Gasteiger partial charge in [-0.25, -0.2) is 9.59 Å². The molecule has 0 unspecified atom stereocenters. The lowest BCUT2D eigenvalue weighted by atomic mass is 9.98. The number of hydrogen-bond donors (Lipinski definition) is 1. The van der Waals surface area contributed by atoms with Crippen molar-refractivity contribution in [2.45, 2.75) is 45.8 Å². The van der Waals surface area contributed by atoms with E-state index in [1.807, 2.05) is 57.2 Å². The maximum Gasteiger partial charge on any atom is 0.411 e. The van der Waals surface area contributed by atoms with Crippen molar-refractivity contribution in [1.82, 2.24) is 9.80 Å². The zero-order valence-corrected chi connectivity index (χ0v) is 25.7. The summed E-state index contributed by atoms with van der Waals surface area (Å²) in [5.74, 6) is 0.0196. The van der Waals surface area contributed by atoms with Gasteiger partial charge in [0.05, 0.1) is 0 Å². The van der Waals surface area contributed by atoms with Crippen LogP contribution in [0.3, 0.4) is 0 Å². The molecule has 0 bridgehead atoms. The van der Waals surface area contributed by atoms with Crippen LogP contribution >= 0.6 is 22.6 Å². The highest BCUT2D eigenvalue weighted by Gasteiger charge is 2.29. The monoisotopic (exact) mass is 653 g/mol. The van der Waals surface area contributed by atoms with E-state index in [9.17, 15) is 9.59 Å². The number of ether oxygens (including phenoxy) is 2. The number of amides is 2. The number of carbonyl (C=O) groups excluding carboxylic acids is 2. The van der Waals surface area contributed by atoms with E-state index >= 15 is 0 Å². The average molecular weight is 654 g/mol. The highest BCUT2D eigenvalue weighted by Crippen LogP contribution is 2.44. The van der Waals surface area contributed by atoms with Crippen molar-refractivity contribution in [3.05, 3.63) is 86.5 Å². The van der Waals surface area contributed by atoms with Crippen molar-refractivity contribution in [1.29, 1.82) is 0 Å². The number of benzene rings is 3. The molecule has 1 fully saturated rings. The summed E-state index contributed by atoms with van der Waals surface area (Å²) in [6.45, 7) is 11.6. The third-order valence-corrected chi connectivity index (χ3v) is 8.58. The Bertz CT molecular complexity index is 1360. The number of piperazine rings is 1. The van der Waals surface area contributed by atoms with E-state index in [2.05, 4.69) is 64.0 Å². The highest BCUT2D eigenvalue weighted by molar-refractivity contribution is 14.1. The van der Waals surface area contributed by atoms with Crippen LogP contribution in [0.2, 0.25) is 0 Å². The second-order valence-electron chi connectivity index (χ2n) is 11.4. The summed E-state index contributed by atoms with van der Waals surface area (Å²) in [5, 5.41) is 2.95. The average Bonchev–Trinajstić information content (AvgIpc) is 3.23. The second-order valence-corrected chi connectivity index (χ2v) is 12.6. The fourth-order valence-electron chi connectivity index (χ4n) is 5.38. The van der Waals surface area contributed by atoms with E-state index < -0.39 is 11.7 Å². The zero-order valence-electron chi connectivity index (χ0n) is 23.5. The molecule has 1 N–H and O–H groups in total. The quantitative estimate of drug-likeness (QED) is 0.300. The predicted octanol–water partition coefficient (Wildman–Crippen LogP) is 7.01. The second kappa shape index (κ2) is 11.8. The summed E-state index contributed by atoms with van der Waals surface area (Å²) in [7, 11) is 0. The molecule has 2 amide bonds. The van der Waals surface area contributed by atoms with Gasteiger partial charge in [-0.2, -0.15) is 0 Å². The van der Waals surface area contributed by atoms with Gasteiger partial charge in [-0.1, -0.05) is 48.5 Å². The number of nitrogens with zero attached hydrogens (tertiary/aromatic N) is 2. The SMILES string of the molecule is Cc1c(I)cc(NC(=O)OCC2c3ccccc3-c3ccccc32)cc1CN1CCN(C(=O)OC(C)(C)C)CC1. The molecule has 1 aliphatic heterocycles. The maximum absolute atomic E-state index is 12.9. The smallest absolute Gasteiger partial charge is 0.411 e. The predicted molar refractivity (Wildman–Crippen MR) is 166 cm³/mol. The van der Waals surface area contributed by atoms with Gasteiger partial charge in [-0.3, -0.25) is 10.2 Å². The van der Waals surface area contributed by atoms with Gasteiger partial charge < -0.3 is 14.4 Å². The lowest BCUT2D eigenvalue weighted by Gasteiger charge is -2.35. The van der Waals surface area contributed by atoms with Crippen LogP contribution in [0.15, 0.2) is 60.7 Å². The molecule has 2 aliphatic rings. The van der Waals surface area contributed by atoms with Crippen molar-refractivity contribution < 1.29 is 19.1 Å². The Balaban J connectivity index is 1.19. The molecule has 0 spiro atoms. The molecule has 1 aliphatic carbocycles. The molecule has 3 aromatic rings. The minimum absolute atomic E-state index is 0.0196. The van der Waals surface area contributed by atoms with Gasteiger partial charge >= 0.3 is 12.2 Å². The molecule has 1 saturated heterocycles. The van der Waals surface area contributed by atoms with Crippen LogP contribution in [0, 0.1) is 10.5 Å². The van der Waals surface area contributed by atoms with Crippen LogP contribution in [0.4, 0.5) is 15.3 Å². The summed E-state index contributed by atoms with van der Waals surface area (Å²) in [6, 6.07) is 20.6. The van der Waals surface area contributed by atoms with Crippen molar-refractivity contribution in [2.24, 2.45) is 0 Å². The van der Waals surface area contributed by atoms with E-state index in [1.165, 1.54) is 27.8 Å². The van der Waals surface area contributed by atoms with Crippen molar-refractivity contribution in [2.75, 3.05) is 38.1 Å². The Hall–Kier alpha value is -3.11. The summed E-state index contributed by atoms with van der Waals surface area (Å²) in [4.78, 5) is 29.4. The van der Waals surface area contributed by atoms with Gasteiger partial charge in [-0.05, 0) is 95.8 Å². The Kier molecular flexibility index (Phi) is 8.37. The molecule has 0 radical (unpaired) electrons. The van der Waals surface area contributed by atoms with Crippen molar-refractivity contribution >= 4 is 40.5 Å². The van der Waals surface area contributed by atoms with Crippen LogP contribution < -0.4 is 5.32 Å². The topological polar surface area (TPSA) is 71.1 Å². The lowest BCUT2D eigenvalue weighted by Crippen LogP contribution is -2.49. The van der Waals surface area contributed by atoms with Gasteiger partial charge in [0, 0.05) is 47.9 Å². The van der Waals surface area contributed by atoms with E-state index in [4.69, 9.17) is 9.47 Å². The molecular formula is C32H36IN3O4. The van der Waals surface area contributed by atoms with Crippen LogP contribution in [-0.4, -0.2) is 60.4 Å². The molecule has 210 valence electrons. The summed E-state index contributed by atoms with van der Waals surface area (Å²) in [6.07, 6.45) is -0.717. The van der Waals surface area contributed by atoms with Crippen LogP contribution in [0.5, 0.6) is 0 Å². The minimum atomic E-state index is -0.497. The number of hydrogen-bond acceptors (Lipinski definition) is 5. The number of nitrogens with one attached hydrogen (secondary N) is 1. The Morgan fingerprint density at radius 2 is 1.55 bits per heavy atom. The van der Waals surface area contributed by atoms with E-state index in [-0.39, 0.29) is 18.6 Å². The van der Waals surface area contributed by atoms with Crippen LogP contribution in [-0.2, 0) is 16.0 Å². The molecule has 8 heteroatoms.